The van der Waals surface area contributed by atoms with Gasteiger partial charge in [0.1, 0.15) is 5.69 Å². The topological polar surface area (TPSA) is 81.2 Å². The van der Waals surface area contributed by atoms with Gasteiger partial charge in [-0.05, 0) is 67.4 Å². The second-order valence-corrected chi connectivity index (χ2v) is 13.5. The Labute approximate surface area is 220 Å². The van der Waals surface area contributed by atoms with Gasteiger partial charge in [-0.25, -0.2) is 0 Å². The van der Waals surface area contributed by atoms with Gasteiger partial charge in [0.2, 0.25) is 5.91 Å². The molecule has 2 aromatic rings. The second kappa shape index (κ2) is 7.87. The normalized spacial score (nSPS) is 33.1. The lowest BCUT2D eigenvalue weighted by Gasteiger charge is -2.64. The third-order valence-corrected chi connectivity index (χ3v) is 9.85. The van der Waals surface area contributed by atoms with Crippen molar-refractivity contribution in [2.24, 2.45) is 22.5 Å². The van der Waals surface area contributed by atoms with Crippen molar-refractivity contribution in [1.29, 1.82) is 0 Å². The molecule has 7 rings (SSSR count). The molecule has 4 saturated carbocycles. The van der Waals surface area contributed by atoms with Crippen LogP contribution in [-0.2, 0) is 17.9 Å². The number of rotatable bonds is 4. The van der Waals surface area contributed by atoms with E-state index in [1.165, 1.54) is 6.42 Å². The van der Waals surface area contributed by atoms with Crippen LogP contribution in [0, 0.1) is 16.7 Å². The van der Waals surface area contributed by atoms with Gasteiger partial charge in [-0.2, -0.15) is 5.10 Å². The molecular formula is C26H29Cl3N4O2. The average molecular weight is 536 g/mol. The zero-order chi connectivity index (χ0) is 24.8. The first-order chi connectivity index (χ1) is 16.5. The zero-order valence-electron chi connectivity index (χ0n) is 19.7. The van der Waals surface area contributed by atoms with Gasteiger partial charge < -0.3 is 10.6 Å². The van der Waals surface area contributed by atoms with Gasteiger partial charge in [-0.3, -0.25) is 14.3 Å². The number of aromatic nitrogens is 2. The van der Waals surface area contributed by atoms with Crippen LogP contribution in [0.2, 0.25) is 10.0 Å². The van der Waals surface area contributed by atoms with E-state index >= 15 is 0 Å². The lowest BCUT2D eigenvalue weighted by molar-refractivity contribution is -0.144. The first-order valence-corrected chi connectivity index (χ1v) is 13.4. The SMILES string of the molecule is CC12CC3CC(Cl)(C1)CC(CC(=O)N1CCn4nc(-c5ccc(Cl)c(Cl)c5)c(C(N)=O)c4C1)(C3)C2. The summed E-state index contributed by atoms with van der Waals surface area (Å²) in [6.07, 6.45) is 7.02. The number of carbonyl (C=O) groups is 2. The number of primary amides is 1. The predicted molar refractivity (Wildman–Crippen MR) is 137 cm³/mol. The first-order valence-electron chi connectivity index (χ1n) is 12.3. The maximum Gasteiger partial charge on any atom is 0.252 e. The van der Waals surface area contributed by atoms with E-state index in [-0.39, 0.29) is 21.6 Å². The molecule has 4 atom stereocenters. The summed E-state index contributed by atoms with van der Waals surface area (Å²) in [6, 6.07) is 5.13. The quantitative estimate of drug-likeness (QED) is 0.513. The summed E-state index contributed by atoms with van der Waals surface area (Å²) in [5.41, 5.74) is 8.19. The number of fused-ring (bicyclic) bond motifs is 1. The Morgan fingerprint density at radius 1 is 1.11 bits per heavy atom. The van der Waals surface area contributed by atoms with Crippen LogP contribution >= 0.6 is 34.8 Å². The summed E-state index contributed by atoms with van der Waals surface area (Å²) >= 11 is 19.4. The van der Waals surface area contributed by atoms with Crippen molar-refractivity contribution in [1.82, 2.24) is 14.7 Å². The van der Waals surface area contributed by atoms with Crippen molar-refractivity contribution in [2.45, 2.75) is 69.8 Å². The number of hydrogen-bond donors (Lipinski definition) is 1. The fraction of sp³-hybridized carbons (Fsp3) is 0.577. The van der Waals surface area contributed by atoms with Gasteiger partial charge in [-0.1, -0.05) is 36.2 Å². The Bertz CT molecular complexity index is 1240. The standard InChI is InChI=1S/C26H29Cl3N4O2/c1-24-7-15-8-25(12-24,14-26(29,9-15)13-24)10-20(34)32-4-5-33-19(11-32)21(23(30)35)22(31-33)16-2-3-17(27)18(28)6-16/h2-3,6,15H,4-5,7-14H2,1H3,(H2,30,35). The summed E-state index contributed by atoms with van der Waals surface area (Å²) in [7, 11) is 0. The molecule has 6 nitrogen and oxygen atoms in total. The molecule has 0 spiro atoms. The highest BCUT2D eigenvalue weighted by atomic mass is 35.5. The van der Waals surface area contributed by atoms with Crippen LogP contribution in [0.15, 0.2) is 18.2 Å². The van der Waals surface area contributed by atoms with E-state index in [4.69, 9.17) is 40.5 Å². The van der Waals surface area contributed by atoms with Gasteiger partial charge in [0.25, 0.3) is 5.91 Å². The Morgan fingerprint density at radius 2 is 1.91 bits per heavy atom. The van der Waals surface area contributed by atoms with Gasteiger partial charge in [-0.15, -0.1) is 11.6 Å². The van der Waals surface area contributed by atoms with Crippen LogP contribution < -0.4 is 5.73 Å². The Hall–Kier alpha value is -1.76. The maximum absolute atomic E-state index is 13.6. The number of nitrogens with two attached hydrogens (primary N) is 1. The molecule has 2 amide bonds. The van der Waals surface area contributed by atoms with Crippen LogP contribution in [0.1, 0.15) is 67.9 Å². The average Bonchev–Trinajstić information content (AvgIpc) is 3.11. The fourth-order valence-corrected chi connectivity index (χ4v) is 9.39. The number of alkyl halides is 1. The van der Waals surface area contributed by atoms with E-state index in [9.17, 15) is 9.59 Å². The van der Waals surface area contributed by atoms with Gasteiger partial charge >= 0.3 is 0 Å². The minimum atomic E-state index is -0.570. The van der Waals surface area contributed by atoms with E-state index in [1.54, 1.807) is 22.9 Å². The molecule has 1 aromatic heterocycles. The molecule has 186 valence electrons. The van der Waals surface area contributed by atoms with Crippen LogP contribution in [0.5, 0.6) is 0 Å². The summed E-state index contributed by atoms with van der Waals surface area (Å²) in [5, 5.41) is 5.47. The molecule has 2 heterocycles. The molecule has 4 aliphatic carbocycles. The second-order valence-electron chi connectivity index (χ2n) is 11.8. The Balaban J connectivity index is 1.27. The molecular weight excluding hydrogens is 507 g/mol. The van der Waals surface area contributed by atoms with E-state index < -0.39 is 5.91 Å². The molecule has 0 saturated heterocycles. The third kappa shape index (κ3) is 3.96. The zero-order valence-corrected chi connectivity index (χ0v) is 22.0. The number of carbonyl (C=O) groups excluding carboxylic acids is 2. The summed E-state index contributed by atoms with van der Waals surface area (Å²) < 4.78 is 1.79. The number of hydrogen-bond acceptors (Lipinski definition) is 3. The number of benzene rings is 1. The van der Waals surface area contributed by atoms with Crippen LogP contribution in [0.4, 0.5) is 0 Å². The molecule has 4 fully saturated rings. The fourth-order valence-electron chi connectivity index (χ4n) is 8.27. The molecule has 5 aliphatic rings. The number of amides is 2. The molecule has 1 aliphatic heterocycles. The third-order valence-electron chi connectivity index (χ3n) is 8.69. The van der Waals surface area contributed by atoms with Gasteiger partial charge in [0.05, 0.1) is 34.4 Å². The molecule has 4 unspecified atom stereocenters. The van der Waals surface area contributed by atoms with Gasteiger partial charge in [0, 0.05) is 23.4 Å². The van der Waals surface area contributed by atoms with Gasteiger partial charge in [0.15, 0.2) is 0 Å². The lowest BCUT2D eigenvalue weighted by atomic mass is 9.43. The summed E-state index contributed by atoms with van der Waals surface area (Å²) in [4.78, 5) is 27.9. The Kier molecular flexibility index (Phi) is 5.31. The van der Waals surface area contributed by atoms with Crippen molar-refractivity contribution in [2.75, 3.05) is 6.54 Å². The van der Waals surface area contributed by atoms with E-state index in [0.717, 1.165) is 32.1 Å². The highest BCUT2D eigenvalue weighted by Crippen LogP contribution is 2.69. The van der Waals surface area contributed by atoms with Crippen molar-refractivity contribution in [3.05, 3.63) is 39.5 Å². The van der Waals surface area contributed by atoms with Crippen LogP contribution in [-0.4, -0.2) is 37.9 Å². The van der Waals surface area contributed by atoms with Crippen molar-refractivity contribution < 1.29 is 9.59 Å². The van der Waals surface area contributed by atoms with Crippen molar-refractivity contribution in [3.8, 4) is 11.3 Å². The van der Waals surface area contributed by atoms with Crippen molar-refractivity contribution in [3.63, 3.8) is 0 Å². The highest BCUT2D eigenvalue weighted by Gasteiger charge is 2.61. The molecule has 1 aromatic carbocycles. The molecule has 35 heavy (non-hydrogen) atoms. The minimum Gasteiger partial charge on any atom is -0.365 e. The van der Waals surface area contributed by atoms with E-state index in [1.807, 2.05) is 4.90 Å². The molecule has 4 bridgehead atoms. The Morgan fingerprint density at radius 3 is 2.60 bits per heavy atom. The molecule has 0 radical (unpaired) electrons. The van der Waals surface area contributed by atoms with Crippen molar-refractivity contribution >= 4 is 46.6 Å². The predicted octanol–water partition coefficient (Wildman–Crippen LogP) is 5.66. The minimum absolute atomic E-state index is 0.0115. The maximum atomic E-state index is 13.6. The van der Waals surface area contributed by atoms with Crippen LogP contribution in [0.3, 0.4) is 0 Å². The highest BCUT2D eigenvalue weighted by molar-refractivity contribution is 6.42. The van der Waals surface area contributed by atoms with Crippen LogP contribution in [0.25, 0.3) is 11.3 Å². The summed E-state index contributed by atoms with van der Waals surface area (Å²) in [5.74, 6) is 0.189. The number of halogens is 3. The molecule has 9 heteroatoms. The monoisotopic (exact) mass is 534 g/mol. The smallest absolute Gasteiger partial charge is 0.252 e. The molecule has 2 N–H and O–H groups in total. The first kappa shape index (κ1) is 23.6. The largest absolute Gasteiger partial charge is 0.365 e. The number of nitrogens with zero attached hydrogens (tertiary/aromatic N) is 3. The lowest BCUT2D eigenvalue weighted by Crippen LogP contribution is -2.58. The summed E-state index contributed by atoms with van der Waals surface area (Å²) in [6.45, 7) is 3.73. The van der Waals surface area contributed by atoms with E-state index in [2.05, 4.69) is 12.0 Å². The van der Waals surface area contributed by atoms with E-state index in [0.29, 0.717) is 64.5 Å².